The number of hydrogen-bond acceptors (Lipinski definition) is 6. The number of carbonyl (C=O) groups excluding carboxylic acids is 2. The van der Waals surface area contributed by atoms with Crippen molar-refractivity contribution < 1.29 is 22.7 Å². The Labute approximate surface area is 201 Å². The van der Waals surface area contributed by atoms with Gasteiger partial charge in [-0.3, -0.25) is 14.5 Å². The molecule has 0 spiro atoms. The molecular weight excluding hydrogens is 454 g/mol. The van der Waals surface area contributed by atoms with Gasteiger partial charge in [0.2, 0.25) is 10.0 Å². The molecule has 34 heavy (non-hydrogen) atoms. The van der Waals surface area contributed by atoms with Gasteiger partial charge < -0.3 is 9.64 Å². The third kappa shape index (κ3) is 5.48. The fourth-order valence-corrected chi connectivity index (χ4v) is 5.99. The van der Waals surface area contributed by atoms with E-state index in [-0.39, 0.29) is 17.8 Å². The van der Waals surface area contributed by atoms with Crippen molar-refractivity contribution in [1.82, 2.24) is 14.1 Å². The lowest BCUT2D eigenvalue weighted by Crippen LogP contribution is -2.48. The number of esters is 1. The van der Waals surface area contributed by atoms with Crippen LogP contribution in [0.2, 0.25) is 0 Å². The second-order valence-electron chi connectivity index (χ2n) is 8.78. The topological polar surface area (TPSA) is 87.2 Å². The lowest BCUT2D eigenvalue weighted by Gasteiger charge is -2.34. The molecule has 2 heterocycles. The predicted octanol–water partition coefficient (Wildman–Crippen LogP) is 2.22. The highest BCUT2D eigenvalue weighted by atomic mass is 32.2. The second-order valence-corrected chi connectivity index (χ2v) is 10.7. The molecule has 0 unspecified atom stereocenters. The number of carbonyl (C=O) groups is 2. The third-order valence-corrected chi connectivity index (χ3v) is 8.55. The number of likely N-dealkylation sites (tertiary alicyclic amines) is 1. The number of sulfonamides is 1. The zero-order chi connectivity index (χ0) is 24.1. The maximum atomic E-state index is 12.8. The van der Waals surface area contributed by atoms with Crippen molar-refractivity contribution in [3.8, 4) is 0 Å². The summed E-state index contributed by atoms with van der Waals surface area (Å²) in [7, 11) is -2.06. The van der Waals surface area contributed by atoms with Gasteiger partial charge in [-0.1, -0.05) is 30.3 Å². The lowest BCUT2D eigenvalue weighted by molar-refractivity contribution is -0.146. The van der Waals surface area contributed by atoms with E-state index in [9.17, 15) is 18.0 Å². The summed E-state index contributed by atoms with van der Waals surface area (Å²) in [4.78, 5) is 28.9. The molecule has 0 N–H and O–H groups in total. The first-order chi connectivity index (χ1) is 16.4. The van der Waals surface area contributed by atoms with Crippen LogP contribution in [0.3, 0.4) is 0 Å². The molecule has 1 amide bonds. The highest BCUT2D eigenvalue weighted by molar-refractivity contribution is 7.89. The van der Waals surface area contributed by atoms with Gasteiger partial charge in [0.15, 0.2) is 0 Å². The number of hydrogen-bond donors (Lipinski definition) is 0. The third-order valence-electron chi connectivity index (χ3n) is 6.64. The molecule has 4 rings (SSSR count). The molecule has 2 aliphatic heterocycles. The number of amides is 1. The van der Waals surface area contributed by atoms with E-state index in [2.05, 4.69) is 4.90 Å². The van der Waals surface area contributed by atoms with Crippen molar-refractivity contribution in [2.45, 2.75) is 24.3 Å². The van der Waals surface area contributed by atoms with Crippen LogP contribution in [0.5, 0.6) is 0 Å². The van der Waals surface area contributed by atoms with Gasteiger partial charge in [0.05, 0.1) is 17.9 Å². The second kappa shape index (κ2) is 10.7. The number of piperidine rings is 1. The quantitative estimate of drug-likeness (QED) is 0.583. The minimum absolute atomic E-state index is 0.0189. The number of rotatable bonds is 6. The van der Waals surface area contributed by atoms with Crippen LogP contribution in [-0.2, 0) is 26.1 Å². The van der Waals surface area contributed by atoms with Gasteiger partial charge in [-0.25, -0.2) is 8.42 Å². The number of benzene rings is 2. The zero-order valence-corrected chi connectivity index (χ0v) is 20.2. The predicted molar refractivity (Wildman–Crippen MR) is 128 cm³/mol. The monoisotopic (exact) mass is 485 g/mol. The van der Waals surface area contributed by atoms with Crippen molar-refractivity contribution in [1.29, 1.82) is 0 Å². The van der Waals surface area contributed by atoms with Crippen molar-refractivity contribution in [3.63, 3.8) is 0 Å². The van der Waals surface area contributed by atoms with Crippen LogP contribution < -0.4 is 0 Å². The summed E-state index contributed by atoms with van der Waals surface area (Å²) in [6.07, 6.45) is 1.25. The van der Waals surface area contributed by atoms with Crippen LogP contribution >= 0.6 is 0 Å². The number of ether oxygens (including phenoxy) is 1. The maximum Gasteiger partial charge on any atom is 0.308 e. The van der Waals surface area contributed by atoms with E-state index < -0.39 is 10.0 Å². The van der Waals surface area contributed by atoms with E-state index in [4.69, 9.17) is 4.74 Å². The Morgan fingerprint density at radius 3 is 2.09 bits per heavy atom. The molecule has 2 aromatic rings. The van der Waals surface area contributed by atoms with E-state index in [0.29, 0.717) is 69.1 Å². The van der Waals surface area contributed by atoms with Gasteiger partial charge in [-0.05, 0) is 42.7 Å². The standard InChI is InChI=1S/C25H31N3O5S/c1-33-25(30)22-11-13-27(14-12-22)24(29)21-9-7-20(8-10-21)19-26-15-17-28(18-16-26)34(31,32)23-5-3-2-4-6-23/h2-10,22H,11-19H2,1H3. The van der Waals surface area contributed by atoms with Crippen LogP contribution in [0.4, 0.5) is 0 Å². The summed E-state index contributed by atoms with van der Waals surface area (Å²) >= 11 is 0. The van der Waals surface area contributed by atoms with Crippen LogP contribution in [0.1, 0.15) is 28.8 Å². The Morgan fingerprint density at radius 1 is 0.882 bits per heavy atom. The van der Waals surface area contributed by atoms with Crippen molar-refractivity contribution in [2.75, 3.05) is 46.4 Å². The SMILES string of the molecule is COC(=O)C1CCN(C(=O)c2ccc(CN3CCN(S(=O)(=O)c4ccccc4)CC3)cc2)CC1. The number of nitrogens with zero attached hydrogens (tertiary/aromatic N) is 3. The van der Waals surface area contributed by atoms with Crippen molar-refractivity contribution in [2.24, 2.45) is 5.92 Å². The average molecular weight is 486 g/mol. The van der Waals surface area contributed by atoms with Crippen LogP contribution in [0.25, 0.3) is 0 Å². The molecule has 0 atom stereocenters. The molecule has 9 heteroatoms. The molecule has 2 aromatic carbocycles. The molecular formula is C25H31N3O5S. The molecule has 8 nitrogen and oxygen atoms in total. The van der Waals surface area contributed by atoms with Gasteiger partial charge in [0, 0.05) is 51.4 Å². The smallest absolute Gasteiger partial charge is 0.308 e. The van der Waals surface area contributed by atoms with Crippen molar-refractivity contribution >= 4 is 21.9 Å². The van der Waals surface area contributed by atoms with Crippen LogP contribution in [0, 0.1) is 5.92 Å². The van der Waals surface area contributed by atoms with Crippen LogP contribution in [0.15, 0.2) is 59.5 Å². The largest absolute Gasteiger partial charge is 0.469 e. The van der Waals surface area contributed by atoms with E-state index in [0.717, 1.165) is 5.56 Å². The molecule has 2 aliphatic rings. The first-order valence-corrected chi connectivity index (χ1v) is 13.1. The van der Waals surface area contributed by atoms with Gasteiger partial charge in [-0.15, -0.1) is 0 Å². The molecule has 0 bridgehead atoms. The van der Waals surface area contributed by atoms with Gasteiger partial charge >= 0.3 is 5.97 Å². The van der Waals surface area contributed by atoms with Gasteiger partial charge in [-0.2, -0.15) is 4.31 Å². The fourth-order valence-electron chi connectivity index (χ4n) is 4.55. The Hall–Kier alpha value is -2.75. The Balaban J connectivity index is 1.28. The van der Waals surface area contributed by atoms with Gasteiger partial charge in [0.1, 0.15) is 0 Å². The Kier molecular flexibility index (Phi) is 7.65. The summed E-state index contributed by atoms with van der Waals surface area (Å²) in [6, 6.07) is 16.2. The summed E-state index contributed by atoms with van der Waals surface area (Å²) < 4.78 is 32.0. The highest BCUT2D eigenvalue weighted by Crippen LogP contribution is 2.21. The number of methoxy groups -OCH3 is 1. The van der Waals surface area contributed by atoms with Gasteiger partial charge in [0.25, 0.3) is 5.91 Å². The summed E-state index contributed by atoms with van der Waals surface area (Å²) in [5.41, 5.74) is 1.72. The molecule has 0 aliphatic carbocycles. The maximum absolute atomic E-state index is 12.8. The minimum atomic E-state index is -3.46. The molecule has 2 saturated heterocycles. The van der Waals surface area contributed by atoms with Crippen LogP contribution in [-0.4, -0.2) is 80.8 Å². The lowest BCUT2D eigenvalue weighted by atomic mass is 9.96. The number of piperazine rings is 1. The van der Waals surface area contributed by atoms with E-state index in [1.165, 1.54) is 7.11 Å². The summed E-state index contributed by atoms with van der Waals surface area (Å²) in [5.74, 6) is -0.343. The Bertz CT molecular complexity index is 1090. The molecule has 2 fully saturated rings. The van der Waals surface area contributed by atoms with Crippen molar-refractivity contribution in [3.05, 3.63) is 65.7 Å². The Morgan fingerprint density at radius 2 is 1.50 bits per heavy atom. The van der Waals surface area contributed by atoms with E-state index in [1.807, 2.05) is 30.3 Å². The molecule has 0 saturated carbocycles. The minimum Gasteiger partial charge on any atom is -0.469 e. The summed E-state index contributed by atoms with van der Waals surface area (Å²) in [6.45, 7) is 4.03. The first kappa shape index (κ1) is 24.4. The zero-order valence-electron chi connectivity index (χ0n) is 19.4. The molecule has 0 aromatic heterocycles. The average Bonchev–Trinajstić information content (AvgIpc) is 2.89. The fraction of sp³-hybridized carbons (Fsp3) is 0.440. The van der Waals surface area contributed by atoms with E-state index >= 15 is 0 Å². The molecule has 182 valence electrons. The molecule has 0 radical (unpaired) electrons. The normalized spacial score (nSPS) is 18.6. The summed E-state index contributed by atoms with van der Waals surface area (Å²) in [5, 5.41) is 0. The van der Waals surface area contributed by atoms with E-state index in [1.54, 1.807) is 33.5 Å². The highest BCUT2D eigenvalue weighted by Gasteiger charge is 2.29. The first-order valence-electron chi connectivity index (χ1n) is 11.6.